The fourth-order valence-electron chi connectivity index (χ4n) is 7.77. The Hall–Kier alpha value is -4.92. The number of anilines is 1. The Balaban J connectivity index is 0.898. The molecule has 7 rings (SSSR count). The van der Waals surface area contributed by atoms with Gasteiger partial charge in [-0.3, -0.25) is 29.3 Å². The van der Waals surface area contributed by atoms with Crippen molar-refractivity contribution in [2.24, 2.45) is 7.05 Å². The van der Waals surface area contributed by atoms with Crippen LogP contribution < -0.4 is 25.7 Å². The van der Waals surface area contributed by atoms with Gasteiger partial charge in [0, 0.05) is 69.0 Å². The molecule has 0 radical (unpaired) electrons. The van der Waals surface area contributed by atoms with Gasteiger partial charge in [-0.25, -0.2) is 0 Å². The van der Waals surface area contributed by atoms with E-state index < -0.39 is 6.23 Å². The van der Waals surface area contributed by atoms with E-state index >= 15 is 0 Å². The van der Waals surface area contributed by atoms with Crippen LogP contribution in [0.25, 0.3) is 22.0 Å². The standard InChI is InChI=1S/C38H48N8O6/c1-43-21-29(28-20-39-42-36(28)38(43)50)26-18-32(51-2)30(33(19-26)52-3)22-45-14-16-46(17-15-45)35(48)23-44-12-10-25(11-13-44)24-4-6-27(7-5-24)40-31-8-9-34(47)41-37(31)49/h4-7,18-21,25,31,37,40,49H,8-17,22-23H2,1-3H3,(H,39,42)(H,41,47)/t31-,37?/m1/s1. The highest BCUT2D eigenvalue weighted by Crippen LogP contribution is 2.38. The minimum absolute atomic E-state index is 0.119. The van der Waals surface area contributed by atoms with Gasteiger partial charge < -0.3 is 34.7 Å². The number of fused-ring (bicyclic) bond motifs is 1. The van der Waals surface area contributed by atoms with Gasteiger partial charge in [0.2, 0.25) is 11.8 Å². The second-order valence-corrected chi connectivity index (χ2v) is 14.1. The van der Waals surface area contributed by atoms with E-state index in [0.717, 1.165) is 66.8 Å². The molecular weight excluding hydrogens is 664 g/mol. The minimum Gasteiger partial charge on any atom is -0.496 e. The number of aromatic amines is 1. The van der Waals surface area contributed by atoms with Crippen molar-refractivity contribution in [3.05, 3.63) is 70.3 Å². The van der Waals surface area contributed by atoms with Crippen LogP contribution in [-0.4, -0.2) is 119 Å². The molecule has 14 nitrogen and oxygen atoms in total. The summed E-state index contributed by atoms with van der Waals surface area (Å²) >= 11 is 0. The zero-order valence-corrected chi connectivity index (χ0v) is 30.1. The molecule has 0 aliphatic carbocycles. The lowest BCUT2D eigenvalue weighted by Crippen LogP contribution is -2.51. The molecule has 3 fully saturated rings. The highest BCUT2D eigenvalue weighted by molar-refractivity contribution is 5.94. The van der Waals surface area contributed by atoms with E-state index in [1.54, 1.807) is 38.2 Å². The van der Waals surface area contributed by atoms with Crippen molar-refractivity contribution in [1.29, 1.82) is 0 Å². The number of pyridine rings is 1. The summed E-state index contributed by atoms with van der Waals surface area (Å²) in [6.45, 7) is 5.65. The quantitative estimate of drug-likeness (QED) is 0.193. The topological polar surface area (TPSA) is 157 Å². The number of H-pyrrole nitrogens is 1. The second kappa shape index (κ2) is 15.4. The smallest absolute Gasteiger partial charge is 0.276 e. The van der Waals surface area contributed by atoms with Crippen molar-refractivity contribution < 1.29 is 24.2 Å². The van der Waals surface area contributed by atoms with E-state index in [1.807, 2.05) is 29.2 Å². The Labute approximate surface area is 302 Å². The number of aliphatic hydroxyl groups excluding tert-OH is 1. The summed E-state index contributed by atoms with van der Waals surface area (Å²) in [7, 11) is 5.02. The van der Waals surface area contributed by atoms with Crippen LogP contribution in [-0.2, 0) is 23.2 Å². The average Bonchev–Trinajstić information content (AvgIpc) is 3.66. The first-order valence-electron chi connectivity index (χ1n) is 18.0. The van der Waals surface area contributed by atoms with E-state index in [9.17, 15) is 19.5 Å². The van der Waals surface area contributed by atoms with Gasteiger partial charge >= 0.3 is 0 Å². The van der Waals surface area contributed by atoms with Gasteiger partial charge in [0.05, 0.1) is 38.6 Å². The summed E-state index contributed by atoms with van der Waals surface area (Å²) in [6, 6.07) is 12.1. The van der Waals surface area contributed by atoms with Crippen LogP contribution in [0.15, 0.2) is 53.6 Å². The molecule has 3 aliphatic rings. The number of amides is 2. The number of carbonyl (C=O) groups is 2. The van der Waals surface area contributed by atoms with E-state index in [2.05, 4.69) is 42.8 Å². The highest BCUT2D eigenvalue weighted by atomic mass is 16.5. The first-order valence-corrected chi connectivity index (χ1v) is 18.0. The number of ether oxygens (including phenoxy) is 2. The number of rotatable bonds is 10. The molecule has 14 heteroatoms. The first kappa shape index (κ1) is 35.5. The zero-order valence-electron chi connectivity index (χ0n) is 30.1. The Bertz CT molecular complexity index is 1940. The number of piperidine rings is 2. The summed E-state index contributed by atoms with van der Waals surface area (Å²) < 4.78 is 13.3. The zero-order chi connectivity index (χ0) is 36.4. The normalized spacial score (nSPS) is 20.5. The summed E-state index contributed by atoms with van der Waals surface area (Å²) in [5.74, 6) is 1.90. The van der Waals surface area contributed by atoms with Gasteiger partial charge in [-0.1, -0.05) is 12.1 Å². The van der Waals surface area contributed by atoms with Crippen LogP contribution in [0.5, 0.6) is 11.5 Å². The Morgan fingerprint density at radius 1 is 0.962 bits per heavy atom. The molecule has 2 atom stereocenters. The lowest BCUT2D eigenvalue weighted by atomic mass is 9.89. The molecule has 3 saturated heterocycles. The van der Waals surface area contributed by atoms with E-state index in [4.69, 9.17) is 9.47 Å². The van der Waals surface area contributed by atoms with Crippen LogP contribution in [0.2, 0.25) is 0 Å². The number of aromatic nitrogens is 3. The number of methoxy groups -OCH3 is 2. The van der Waals surface area contributed by atoms with Gasteiger partial charge in [-0.2, -0.15) is 5.10 Å². The number of hydrogen-bond acceptors (Lipinski definition) is 10. The van der Waals surface area contributed by atoms with Crippen LogP contribution in [0, 0.1) is 0 Å². The molecule has 1 unspecified atom stereocenters. The Kier molecular flexibility index (Phi) is 10.5. The third-order valence-corrected chi connectivity index (χ3v) is 10.9. The number of benzene rings is 2. The molecule has 5 heterocycles. The second-order valence-electron chi connectivity index (χ2n) is 14.1. The predicted molar refractivity (Wildman–Crippen MR) is 197 cm³/mol. The third kappa shape index (κ3) is 7.50. The van der Waals surface area contributed by atoms with Gasteiger partial charge in [-0.15, -0.1) is 0 Å². The molecule has 4 N–H and O–H groups in total. The maximum Gasteiger partial charge on any atom is 0.276 e. The number of nitrogens with one attached hydrogen (secondary N) is 3. The Morgan fingerprint density at radius 2 is 1.65 bits per heavy atom. The van der Waals surface area contributed by atoms with Crippen LogP contribution in [0.1, 0.15) is 42.7 Å². The summed E-state index contributed by atoms with van der Waals surface area (Å²) in [5, 5.41) is 23.7. The number of likely N-dealkylation sites (tertiary alicyclic amines) is 1. The van der Waals surface area contributed by atoms with E-state index in [0.29, 0.717) is 62.0 Å². The fourth-order valence-corrected chi connectivity index (χ4v) is 7.77. The third-order valence-electron chi connectivity index (χ3n) is 10.9. The fraction of sp³-hybridized carbons (Fsp3) is 0.474. The molecule has 276 valence electrons. The number of aryl methyl sites for hydroxylation is 1. The summed E-state index contributed by atoms with van der Waals surface area (Å²) in [4.78, 5) is 44.0. The monoisotopic (exact) mass is 712 g/mol. The first-order chi connectivity index (χ1) is 25.2. The van der Waals surface area contributed by atoms with Gasteiger partial charge in [0.25, 0.3) is 5.56 Å². The van der Waals surface area contributed by atoms with E-state index in [-0.39, 0.29) is 23.4 Å². The van der Waals surface area contributed by atoms with Crippen molar-refractivity contribution in [2.75, 3.05) is 65.3 Å². The molecule has 52 heavy (non-hydrogen) atoms. The largest absolute Gasteiger partial charge is 0.496 e. The van der Waals surface area contributed by atoms with Gasteiger partial charge in [-0.05, 0) is 73.7 Å². The molecule has 4 aromatic rings. The number of hydrogen-bond donors (Lipinski definition) is 4. The maximum absolute atomic E-state index is 13.4. The summed E-state index contributed by atoms with van der Waals surface area (Å²) in [6.07, 6.45) is 5.59. The Morgan fingerprint density at radius 3 is 2.31 bits per heavy atom. The van der Waals surface area contributed by atoms with E-state index in [1.165, 1.54) is 5.56 Å². The molecule has 2 aromatic carbocycles. The number of aliphatic hydroxyl groups is 1. The van der Waals surface area contributed by atoms with Crippen molar-refractivity contribution >= 4 is 28.4 Å². The molecule has 0 saturated carbocycles. The lowest BCUT2D eigenvalue weighted by Gasteiger charge is -2.37. The average molecular weight is 713 g/mol. The van der Waals surface area contributed by atoms with Gasteiger partial charge in [0.1, 0.15) is 23.2 Å². The van der Waals surface area contributed by atoms with Gasteiger partial charge in [0.15, 0.2) is 0 Å². The van der Waals surface area contributed by atoms with Crippen LogP contribution in [0.4, 0.5) is 5.69 Å². The molecule has 0 spiro atoms. The van der Waals surface area contributed by atoms with Crippen LogP contribution in [0.3, 0.4) is 0 Å². The van der Waals surface area contributed by atoms with Crippen molar-refractivity contribution in [3.63, 3.8) is 0 Å². The predicted octanol–water partition coefficient (Wildman–Crippen LogP) is 2.48. The SMILES string of the molecule is COc1cc(-c2cn(C)c(=O)c3[nH]ncc23)cc(OC)c1CN1CCN(C(=O)CN2CCC(c3ccc(N[C@@H]4CCC(=O)NC4O)cc3)CC2)CC1. The molecular formula is C38H48N8O6. The van der Waals surface area contributed by atoms with Crippen molar-refractivity contribution in [1.82, 2.24) is 34.8 Å². The highest BCUT2D eigenvalue weighted by Gasteiger charge is 2.29. The maximum atomic E-state index is 13.4. The molecule has 0 bridgehead atoms. The number of carbonyl (C=O) groups excluding carboxylic acids is 2. The summed E-state index contributed by atoms with van der Waals surface area (Å²) in [5.41, 5.74) is 5.17. The molecule has 3 aliphatic heterocycles. The molecule has 2 aromatic heterocycles. The van der Waals surface area contributed by atoms with Crippen molar-refractivity contribution in [3.8, 4) is 22.6 Å². The number of piperazine rings is 1. The molecule has 2 amide bonds. The van der Waals surface area contributed by atoms with Crippen molar-refractivity contribution in [2.45, 2.75) is 50.4 Å². The lowest BCUT2D eigenvalue weighted by molar-refractivity contribution is -0.134. The minimum atomic E-state index is -0.884. The number of nitrogens with zero attached hydrogens (tertiary/aromatic N) is 5. The van der Waals surface area contributed by atoms with Crippen LogP contribution >= 0.6 is 0 Å².